The number of hydrogen-bond acceptors (Lipinski definition) is 2. The zero-order valence-corrected chi connectivity index (χ0v) is 15.0. The lowest BCUT2D eigenvalue weighted by Gasteiger charge is -2.35. The highest BCUT2D eigenvalue weighted by atomic mass is 19.4. The van der Waals surface area contributed by atoms with Gasteiger partial charge in [-0.05, 0) is 55.7 Å². The molecular formula is C20H17F4N3O. The van der Waals surface area contributed by atoms with Gasteiger partial charge in [0.15, 0.2) is 0 Å². The number of alkyl halides is 3. The molecular weight excluding hydrogens is 374 g/mol. The first-order chi connectivity index (χ1) is 13.3. The van der Waals surface area contributed by atoms with Gasteiger partial charge in [-0.15, -0.1) is 0 Å². The zero-order valence-electron chi connectivity index (χ0n) is 15.0. The molecule has 3 aromatic rings. The van der Waals surface area contributed by atoms with Gasteiger partial charge in [-0.3, -0.25) is 4.79 Å². The first-order valence-corrected chi connectivity index (χ1v) is 8.88. The molecule has 1 aliphatic rings. The Morgan fingerprint density at radius 3 is 2.71 bits per heavy atom. The highest BCUT2D eigenvalue weighted by molar-refractivity contribution is 5.96. The second kappa shape index (κ2) is 6.61. The maximum Gasteiger partial charge on any atom is 0.449 e. The van der Waals surface area contributed by atoms with Gasteiger partial charge in [-0.25, -0.2) is 9.37 Å². The maximum absolute atomic E-state index is 13.5. The lowest BCUT2D eigenvalue weighted by molar-refractivity contribution is -0.147. The van der Waals surface area contributed by atoms with Crippen molar-refractivity contribution in [3.8, 4) is 0 Å². The van der Waals surface area contributed by atoms with Crippen LogP contribution >= 0.6 is 0 Å². The Morgan fingerprint density at radius 1 is 1.21 bits per heavy atom. The van der Waals surface area contributed by atoms with Crippen molar-refractivity contribution in [3.63, 3.8) is 0 Å². The van der Waals surface area contributed by atoms with Gasteiger partial charge in [-0.1, -0.05) is 12.1 Å². The van der Waals surface area contributed by atoms with Crippen LogP contribution in [-0.2, 0) is 23.9 Å². The molecule has 0 fully saturated rings. The van der Waals surface area contributed by atoms with Crippen LogP contribution in [0.25, 0.3) is 11.0 Å². The third kappa shape index (κ3) is 3.12. The summed E-state index contributed by atoms with van der Waals surface area (Å²) in [6.07, 6.45) is -3.47. The van der Waals surface area contributed by atoms with Crippen LogP contribution in [0.1, 0.15) is 24.7 Å². The molecule has 1 aromatic heterocycles. The number of hydrogen-bond donors (Lipinski definition) is 0. The molecule has 0 saturated carbocycles. The number of nitrogens with zero attached hydrogens (tertiary/aromatic N) is 3. The average molecular weight is 391 g/mol. The second-order valence-corrected chi connectivity index (χ2v) is 6.93. The first-order valence-electron chi connectivity index (χ1n) is 8.88. The maximum atomic E-state index is 13.5. The summed E-state index contributed by atoms with van der Waals surface area (Å²) in [5, 5.41) is 0. The fraction of sp³-hybridized carbons (Fsp3) is 0.300. The molecule has 1 atom stereocenters. The van der Waals surface area contributed by atoms with Crippen LogP contribution in [0.5, 0.6) is 0 Å². The van der Waals surface area contributed by atoms with Gasteiger partial charge in [-0.2, -0.15) is 13.2 Å². The number of carbonyl (C=O) groups is 1. The van der Waals surface area contributed by atoms with Crippen molar-refractivity contribution in [2.24, 2.45) is 0 Å². The molecule has 146 valence electrons. The Morgan fingerprint density at radius 2 is 1.96 bits per heavy atom. The van der Waals surface area contributed by atoms with Crippen LogP contribution < -0.4 is 4.90 Å². The number of imidazole rings is 1. The standard InChI is InChI=1S/C20H17F4N3O/c1-12-6-7-13-10-14(21)8-9-16(13)27(12)18(28)11-26-17-5-3-2-4-15(17)25-19(26)20(22,23)24/h2-5,8-10,12H,6-7,11H2,1H3/t12-/m0/s1. The Bertz CT molecular complexity index is 1060. The number of amides is 1. The van der Waals surface area contributed by atoms with Crippen molar-refractivity contribution >= 4 is 22.6 Å². The first kappa shape index (κ1) is 18.5. The smallest absolute Gasteiger partial charge is 0.311 e. The Balaban J connectivity index is 1.76. The molecule has 2 heterocycles. The summed E-state index contributed by atoms with van der Waals surface area (Å²) in [6, 6.07) is 10.1. The van der Waals surface area contributed by atoms with Gasteiger partial charge in [0.05, 0.1) is 11.0 Å². The lowest BCUT2D eigenvalue weighted by Crippen LogP contribution is -2.44. The van der Waals surface area contributed by atoms with Crippen molar-refractivity contribution in [1.82, 2.24) is 9.55 Å². The number of aryl methyl sites for hydroxylation is 1. The minimum Gasteiger partial charge on any atom is -0.311 e. The number of fused-ring (bicyclic) bond motifs is 2. The van der Waals surface area contributed by atoms with E-state index in [1.807, 2.05) is 6.92 Å². The monoisotopic (exact) mass is 391 g/mol. The highest BCUT2D eigenvalue weighted by Crippen LogP contribution is 2.34. The van der Waals surface area contributed by atoms with E-state index in [0.29, 0.717) is 24.1 Å². The highest BCUT2D eigenvalue weighted by Gasteiger charge is 2.39. The largest absolute Gasteiger partial charge is 0.449 e. The van der Waals surface area contributed by atoms with Crippen molar-refractivity contribution < 1.29 is 22.4 Å². The van der Waals surface area contributed by atoms with E-state index in [0.717, 1.165) is 4.57 Å². The third-order valence-corrected chi connectivity index (χ3v) is 5.04. The van der Waals surface area contributed by atoms with E-state index in [9.17, 15) is 22.4 Å². The molecule has 0 bridgehead atoms. The van der Waals surface area contributed by atoms with Crippen molar-refractivity contribution in [3.05, 3.63) is 59.7 Å². The molecule has 0 saturated heterocycles. The summed E-state index contributed by atoms with van der Waals surface area (Å²) in [5.41, 5.74) is 1.64. The molecule has 1 aliphatic heterocycles. The Hall–Kier alpha value is -2.90. The number of halogens is 4. The predicted octanol–water partition coefficient (Wildman–Crippen LogP) is 4.56. The number of para-hydroxylation sites is 2. The molecule has 4 nitrogen and oxygen atoms in total. The fourth-order valence-corrected chi connectivity index (χ4v) is 3.76. The van der Waals surface area contributed by atoms with Crippen LogP contribution in [0.2, 0.25) is 0 Å². The van der Waals surface area contributed by atoms with Gasteiger partial charge in [0.1, 0.15) is 12.4 Å². The van der Waals surface area contributed by atoms with Crippen LogP contribution in [0.3, 0.4) is 0 Å². The SMILES string of the molecule is C[C@H]1CCc2cc(F)ccc2N1C(=O)Cn1c(C(F)(F)F)nc2ccccc21. The van der Waals surface area contributed by atoms with Crippen LogP contribution in [-0.4, -0.2) is 21.5 Å². The zero-order chi connectivity index (χ0) is 20.1. The summed E-state index contributed by atoms with van der Waals surface area (Å²) >= 11 is 0. The fourth-order valence-electron chi connectivity index (χ4n) is 3.76. The Labute approximate surface area is 158 Å². The van der Waals surface area contributed by atoms with E-state index >= 15 is 0 Å². The molecule has 0 N–H and O–H groups in total. The van der Waals surface area contributed by atoms with E-state index in [1.165, 1.54) is 35.2 Å². The van der Waals surface area contributed by atoms with E-state index < -0.39 is 30.3 Å². The number of anilines is 1. The molecule has 8 heteroatoms. The molecule has 4 rings (SSSR count). The summed E-state index contributed by atoms with van der Waals surface area (Å²) < 4.78 is 54.9. The van der Waals surface area contributed by atoms with Crippen LogP contribution in [0.4, 0.5) is 23.2 Å². The number of rotatable bonds is 2. The van der Waals surface area contributed by atoms with Crippen LogP contribution in [0, 0.1) is 5.82 Å². The molecule has 0 aliphatic carbocycles. The van der Waals surface area contributed by atoms with Crippen molar-refractivity contribution in [2.75, 3.05) is 4.90 Å². The molecule has 1 amide bonds. The summed E-state index contributed by atoms with van der Waals surface area (Å²) in [5.74, 6) is -2.00. The van der Waals surface area contributed by atoms with E-state index in [1.54, 1.807) is 12.1 Å². The molecule has 0 radical (unpaired) electrons. The van der Waals surface area contributed by atoms with Gasteiger partial charge in [0.25, 0.3) is 0 Å². The second-order valence-electron chi connectivity index (χ2n) is 6.93. The predicted molar refractivity (Wildman–Crippen MR) is 96.4 cm³/mol. The van der Waals surface area contributed by atoms with Crippen LogP contribution in [0.15, 0.2) is 42.5 Å². The summed E-state index contributed by atoms with van der Waals surface area (Å²) in [6.45, 7) is 1.33. The molecule has 0 unspecified atom stereocenters. The average Bonchev–Trinajstić information content (AvgIpc) is 3.01. The third-order valence-electron chi connectivity index (χ3n) is 5.04. The van der Waals surface area contributed by atoms with E-state index in [4.69, 9.17) is 0 Å². The van der Waals surface area contributed by atoms with Gasteiger partial charge in [0, 0.05) is 11.7 Å². The summed E-state index contributed by atoms with van der Waals surface area (Å²) in [7, 11) is 0. The topological polar surface area (TPSA) is 38.1 Å². The minimum absolute atomic E-state index is 0.178. The van der Waals surface area contributed by atoms with Gasteiger partial charge < -0.3 is 9.47 Å². The number of carbonyl (C=O) groups excluding carboxylic acids is 1. The summed E-state index contributed by atoms with van der Waals surface area (Å²) in [4.78, 5) is 18.2. The van der Waals surface area contributed by atoms with Gasteiger partial charge in [0.2, 0.25) is 11.7 Å². The van der Waals surface area contributed by atoms with Gasteiger partial charge >= 0.3 is 6.18 Å². The van der Waals surface area contributed by atoms with Crippen molar-refractivity contribution in [2.45, 2.75) is 38.5 Å². The Kier molecular flexibility index (Phi) is 4.36. The molecule has 2 aromatic carbocycles. The van der Waals surface area contributed by atoms with Crippen molar-refractivity contribution in [1.29, 1.82) is 0 Å². The lowest BCUT2D eigenvalue weighted by atomic mass is 9.96. The van der Waals surface area contributed by atoms with E-state index in [-0.39, 0.29) is 17.1 Å². The molecule has 28 heavy (non-hydrogen) atoms. The minimum atomic E-state index is -4.69. The normalized spacial score (nSPS) is 17.0. The molecule has 0 spiro atoms. The number of aromatic nitrogens is 2. The quantitative estimate of drug-likeness (QED) is 0.601. The van der Waals surface area contributed by atoms with E-state index in [2.05, 4.69) is 4.98 Å². The number of benzene rings is 2.